The monoisotopic (exact) mass is 187 g/mol. The molecule has 0 aliphatic rings. The van der Waals surface area contributed by atoms with Crippen molar-refractivity contribution >= 4 is 17.6 Å². The molecule has 0 aromatic carbocycles. The van der Waals surface area contributed by atoms with E-state index in [1.54, 1.807) is 0 Å². The second-order valence-electron chi connectivity index (χ2n) is 2.13. The van der Waals surface area contributed by atoms with Crippen LogP contribution in [0.4, 0.5) is 0 Å². The lowest BCUT2D eigenvalue weighted by Gasteiger charge is -2.03. The highest BCUT2D eigenvalue weighted by atomic mass is 35.5. The molecule has 1 aromatic rings. The maximum Gasteiger partial charge on any atom is 0.338 e. The van der Waals surface area contributed by atoms with Crippen molar-refractivity contribution in [3.05, 3.63) is 29.0 Å². The largest absolute Gasteiger partial charge is 0.479 e. The third-order valence-electron chi connectivity index (χ3n) is 1.25. The highest BCUT2D eigenvalue weighted by Gasteiger charge is 2.16. The van der Waals surface area contributed by atoms with E-state index in [1.165, 1.54) is 18.2 Å². The van der Waals surface area contributed by atoms with E-state index in [0.29, 0.717) is 0 Å². The van der Waals surface area contributed by atoms with Crippen molar-refractivity contribution in [2.24, 2.45) is 0 Å². The van der Waals surface area contributed by atoms with Crippen LogP contribution in [0.1, 0.15) is 11.8 Å². The first-order chi connectivity index (χ1) is 5.61. The number of aliphatic carboxylic acids is 1. The standard InChI is InChI=1S/C7H6ClNO3/c8-5-3-1-2-4(9-5)6(10)7(11)12/h1-3,6,10H,(H,11,12). The summed E-state index contributed by atoms with van der Waals surface area (Å²) in [5.74, 6) is -1.34. The molecule has 1 unspecified atom stereocenters. The molecular weight excluding hydrogens is 182 g/mol. The topological polar surface area (TPSA) is 70.4 Å². The molecule has 64 valence electrons. The van der Waals surface area contributed by atoms with Crippen LogP contribution >= 0.6 is 11.6 Å². The number of nitrogens with zero attached hydrogens (tertiary/aromatic N) is 1. The molecule has 0 saturated heterocycles. The minimum Gasteiger partial charge on any atom is -0.479 e. The highest BCUT2D eigenvalue weighted by Crippen LogP contribution is 2.12. The number of hydrogen-bond acceptors (Lipinski definition) is 3. The zero-order valence-corrected chi connectivity index (χ0v) is 6.69. The molecule has 2 N–H and O–H groups in total. The average Bonchev–Trinajstić information content (AvgIpc) is 2.03. The fourth-order valence-electron chi connectivity index (χ4n) is 0.703. The minimum absolute atomic E-state index is 0.0370. The van der Waals surface area contributed by atoms with Gasteiger partial charge in [0.05, 0.1) is 5.69 Å². The number of aliphatic hydroxyl groups excluding tert-OH is 1. The Morgan fingerprint density at radius 1 is 1.58 bits per heavy atom. The maximum atomic E-state index is 10.3. The van der Waals surface area contributed by atoms with Crippen LogP contribution in [0.25, 0.3) is 0 Å². The zero-order valence-electron chi connectivity index (χ0n) is 5.94. The number of carboxylic acid groups (broad SMARTS) is 1. The van der Waals surface area contributed by atoms with Crippen molar-refractivity contribution in [2.45, 2.75) is 6.10 Å². The molecule has 1 heterocycles. The van der Waals surface area contributed by atoms with Gasteiger partial charge in [-0.1, -0.05) is 17.7 Å². The van der Waals surface area contributed by atoms with E-state index in [0.717, 1.165) is 0 Å². The number of pyridine rings is 1. The molecular formula is C7H6ClNO3. The van der Waals surface area contributed by atoms with E-state index >= 15 is 0 Å². The van der Waals surface area contributed by atoms with Crippen molar-refractivity contribution in [3.63, 3.8) is 0 Å². The van der Waals surface area contributed by atoms with Gasteiger partial charge in [0, 0.05) is 0 Å². The molecule has 0 aliphatic carbocycles. The van der Waals surface area contributed by atoms with Crippen LogP contribution in [0.5, 0.6) is 0 Å². The smallest absolute Gasteiger partial charge is 0.338 e. The van der Waals surface area contributed by atoms with Crippen LogP contribution in [-0.4, -0.2) is 21.2 Å². The third kappa shape index (κ3) is 1.93. The van der Waals surface area contributed by atoms with Crippen LogP contribution in [0.15, 0.2) is 18.2 Å². The maximum absolute atomic E-state index is 10.3. The fraction of sp³-hybridized carbons (Fsp3) is 0.143. The molecule has 4 nitrogen and oxygen atoms in total. The van der Waals surface area contributed by atoms with Gasteiger partial charge in [0.15, 0.2) is 6.10 Å². The summed E-state index contributed by atoms with van der Waals surface area (Å²) in [6.45, 7) is 0. The van der Waals surface area contributed by atoms with Crippen LogP contribution in [-0.2, 0) is 4.79 Å². The van der Waals surface area contributed by atoms with Crippen LogP contribution < -0.4 is 0 Å². The Hall–Kier alpha value is -1.13. The first kappa shape index (κ1) is 8.96. The van der Waals surface area contributed by atoms with E-state index < -0.39 is 12.1 Å². The van der Waals surface area contributed by atoms with Gasteiger partial charge in [0.2, 0.25) is 0 Å². The van der Waals surface area contributed by atoms with Crippen LogP contribution in [0.2, 0.25) is 5.15 Å². The summed E-state index contributed by atoms with van der Waals surface area (Å²) in [5, 5.41) is 17.6. The number of aromatic nitrogens is 1. The molecule has 0 aliphatic heterocycles. The normalized spacial score (nSPS) is 12.5. The van der Waals surface area contributed by atoms with E-state index in [9.17, 15) is 4.79 Å². The van der Waals surface area contributed by atoms with Gasteiger partial charge in [-0.15, -0.1) is 0 Å². The molecule has 12 heavy (non-hydrogen) atoms. The van der Waals surface area contributed by atoms with Crippen molar-refractivity contribution in [1.82, 2.24) is 4.98 Å². The Morgan fingerprint density at radius 3 is 2.75 bits per heavy atom. The Morgan fingerprint density at radius 2 is 2.25 bits per heavy atom. The lowest BCUT2D eigenvalue weighted by molar-refractivity contribution is -0.147. The Balaban J connectivity index is 2.95. The minimum atomic E-state index is -1.61. The van der Waals surface area contributed by atoms with Crippen molar-refractivity contribution < 1.29 is 15.0 Å². The number of aliphatic hydroxyl groups is 1. The molecule has 0 radical (unpaired) electrons. The summed E-state index contributed by atoms with van der Waals surface area (Å²) >= 11 is 5.48. The zero-order chi connectivity index (χ0) is 9.14. The molecule has 0 fully saturated rings. The van der Waals surface area contributed by atoms with Gasteiger partial charge in [0.25, 0.3) is 0 Å². The second kappa shape index (κ2) is 3.51. The number of rotatable bonds is 2. The molecule has 1 aromatic heterocycles. The Bertz CT molecular complexity index is 302. The highest BCUT2D eigenvalue weighted by molar-refractivity contribution is 6.29. The van der Waals surface area contributed by atoms with Gasteiger partial charge in [-0.05, 0) is 12.1 Å². The lowest BCUT2D eigenvalue weighted by atomic mass is 10.2. The average molecular weight is 188 g/mol. The Labute approximate surface area is 73.4 Å². The quantitative estimate of drug-likeness (QED) is 0.674. The molecule has 1 rings (SSSR count). The second-order valence-corrected chi connectivity index (χ2v) is 2.51. The van der Waals surface area contributed by atoms with Crippen molar-refractivity contribution in [2.75, 3.05) is 0 Å². The molecule has 1 atom stereocenters. The van der Waals surface area contributed by atoms with Crippen LogP contribution in [0, 0.1) is 0 Å². The summed E-state index contributed by atoms with van der Waals surface area (Å²) < 4.78 is 0. The number of carbonyl (C=O) groups is 1. The SMILES string of the molecule is O=C(O)C(O)c1cccc(Cl)n1. The van der Waals surface area contributed by atoms with Gasteiger partial charge in [0.1, 0.15) is 5.15 Å². The Kier molecular flexibility index (Phi) is 2.62. The van der Waals surface area contributed by atoms with Crippen molar-refractivity contribution in [1.29, 1.82) is 0 Å². The lowest BCUT2D eigenvalue weighted by Crippen LogP contribution is -2.11. The predicted molar refractivity (Wildman–Crippen MR) is 41.8 cm³/mol. The number of carboxylic acids is 1. The van der Waals surface area contributed by atoms with Gasteiger partial charge in [-0.2, -0.15) is 0 Å². The fourth-order valence-corrected chi connectivity index (χ4v) is 0.873. The van der Waals surface area contributed by atoms with Crippen molar-refractivity contribution in [3.8, 4) is 0 Å². The summed E-state index contributed by atoms with van der Waals surface area (Å²) in [6.07, 6.45) is -1.61. The summed E-state index contributed by atoms with van der Waals surface area (Å²) in [4.78, 5) is 13.9. The molecule has 0 spiro atoms. The van der Waals surface area contributed by atoms with E-state index in [-0.39, 0.29) is 10.8 Å². The van der Waals surface area contributed by atoms with Gasteiger partial charge in [-0.25, -0.2) is 9.78 Å². The first-order valence-electron chi connectivity index (χ1n) is 3.14. The van der Waals surface area contributed by atoms with Gasteiger partial charge >= 0.3 is 5.97 Å². The predicted octanol–water partition coefficient (Wildman–Crippen LogP) is 0.853. The van der Waals surface area contributed by atoms with E-state index in [4.69, 9.17) is 21.8 Å². The van der Waals surface area contributed by atoms with E-state index in [1.807, 2.05) is 0 Å². The van der Waals surface area contributed by atoms with E-state index in [2.05, 4.69) is 4.98 Å². The summed E-state index contributed by atoms with van der Waals surface area (Å²) in [5.41, 5.74) is 0.0370. The summed E-state index contributed by atoms with van der Waals surface area (Å²) in [7, 11) is 0. The molecule has 5 heteroatoms. The van der Waals surface area contributed by atoms with Crippen LogP contribution in [0.3, 0.4) is 0 Å². The number of hydrogen-bond donors (Lipinski definition) is 2. The molecule has 0 saturated carbocycles. The van der Waals surface area contributed by atoms with Gasteiger partial charge < -0.3 is 10.2 Å². The molecule has 0 amide bonds. The summed E-state index contributed by atoms with van der Waals surface area (Å²) in [6, 6.07) is 4.42. The molecule has 0 bridgehead atoms. The number of halogens is 1. The van der Waals surface area contributed by atoms with Gasteiger partial charge in [-0.3, -0.25) is 0 Å². The first-order valence-corrected chi connectivity index (χ1v) is 3.52. The third-order valence-corrected chi connectivity index (χ3v) is 1.46.